The average Bonchev–Trinajstić information content (AvgIpc) is 3.20. The Balaban J connectivity index is 1.22. The molecular formula is C23H24F2N4O2. The molecule has 1 aliphatic rings. The fourth-order valence-corrected chi connectivity index (χ4v) is 3.83. The van der Waals surface area contributed by atoms with E-state index in [4.69, 9.17) is 0 Å². The number of carbonyl (C=O) groups is 2. The second-order valence-corrected chi connectivity index (χ2v) is 7.64. The number of halogens is 2. The van der Waals surface area contributed by atoms with Gasteiger partial charge in [0.05, 0.1) is 6.54 Å². The number of hydrogen-bond donors (Lipinski definition) is 2. The zero-order valence-electron chi connectivity index (χ0n) is 17.0. The minimum atomic E-state index is -0.606. The van der Waals surface area contributed by atoms with Crippen LogP contribution in [-0.4, -0.2) is 65.9 Å². The monoisotopic (exact) mass is 426 g/mol. The smallest absolute Gasteiger partial charge is 0.270 e. The third-order valence-electron chi connectivity index (χ3n) is 5.55. The topological polar surface area (TPSA) is 68.4 Å². The highest BCUT2D eigenvalue weighted by atomic mass is 19.1. The molecule has 0 radical (unpaired) electrons. The fraction of sp³-hybridized carbons (Fsp3) is 0.304. The number of H-pyrrole nitrogens is 1. The van der Waals surface area contributed by atoms with Crippen molar-refractivity contribution in [3.8, 4) is 0 Å². The zero-order chi connectivity index (χ0) is 21.8. The number of piperazine rings is 1. The Labute approximate surface area is 178 Å². The van der Waals surface area contributed by atoms with E-state index in [1.807, 2.05) is 35.2 Å². The SMILES string of the molecule is O=C(CN1CCN(C(=O)c2cc3ccccc3[nH]2)CC1)NCCc1c(F)cccc1F. The molecular weight excluding hydrogens is 402 g/mol. The first kappa shape index (κ1) is 21.0. The summed E-state index contributed by atoms with van der Waals surface area (Å²) in [6, 6.07) is 13.3. The Morgan fingerprint density at radius 2 is 1.68 bits per heavy atom. The van der Waals surface area contributed by atoms with E-state index >= 15 is 0 Å². The quantitative estimate of drug-likeness (QED) is 0.637. The van der Waals surface area contributed by atoms with Gasteiger partial charge in [0.15, 0.2) is 0 Å². The van der Waals surface area contributed by atoms with E-state index in [2.05, 4.69) is 10.3 Å². The van der Waals surface area contributed by atoms with Gasteiger partial charge in [-0.2, -0.15) is 0 Å². The number of benzene rings is 2. The van der Waals surface area contributed by atoms with E-state index in [1.165, 1.54) is 18.2 Å². The molecule has 2 N–H and O–H groups in total. The zero-order valence-corrected chi connectivity index (χ0v) is 17.0. The maximum absolute atomic E-state index is 13.6. The van der Waals surface area contributed by atoms with Gasteiger partial charge in [-0.3, -0.25) is 14.5 Å². The van der Waals surface area contributed by atoms with Crippen LogP contribution >= 0.6 is 0 Å². The maximum atomic E-state index is 13.6. The van der Waals surface area contributed by atoms with Crippen molar-refractivity contribution in [3.05, 3.63) is 71.4 Å². The third kappa shape index (κ3) is 4.91. The highest BCUT2D eigenvalue weighted by Crippen LogP contribution is 2.17. The maximum Gasteiger partial charge on any atom is 0.270 e. The number of aromatic amines is 1. The third-order valence-corrected chi connectivity index (χ3v) is 5.55. The Kier molecular flexibility index (Phi) is 6.27. The number of fused-ring (bicyclic) bond motifs is 1. The summed E-state index contributed by atoms with van der Waals surface area (Å²) in [5.41, 5.74) is 1.47. The molecule has 162 valence electrons. The van der Waals surface area contributed by atoms with Crippen molar-refractivity contribution < 1.29 is 18.4 Å². The molecule has 1 fully saturated rings. The lowest BCUT2D eigenvalue weighted by Gasteiger charge is -2.34. The molecule has 1 saturated heterocycles. The molecule has 6 nitrogen and oxygen atoms in total. The van der Waals surface area contributed by atoms with Crippen LogP contribution in [0.25, 0.3) is 10.9 Å². The summed E-state index contributed by atoms with van der Waals surface area (Å²) in [5.74, 6) is -1.46. The molecule has 1 aliphatic heterocycles. The lowest BCUT2D eigenvalue weighted by Crippen LogP contribution is -2.51. The Morgan fingerprint density at radius 1 is 0.968 bits per heavy atom. The van der Waals surface area contributed by atoms with Gasteiger partial charge in [-0.1, -0.05) is 24.3 Å². The van der Waals surface area contributed by atoms with E-state index in [9.17, 15) is 18.4 Å². The summed E-state index contributed by atoms with van der Waals surface area (Å²) < 4.78 is 27.3. The standard InChI is InChI=1S/C23H24F2N4O2/c24-18-5-3-6-19(25)17(18)8-9-26-22(30)15-28-10-12-29(13-11-28)23(31)21-14-16-4-1-2-7-20(16)27-21/h1-7,14,27H,8-13,15H2,(H,26,30). The van der Waals surface area contributed by atoms with Crippen LogP contribution in [0.3, 0.4) is 0 Å². The van der Waals surface area contributed by atoms with E-state index in [0.717, 1.165) is 10.9 Å². The fourth-order valence-electron chi connectivity index (χ4n) is 3.83. The number of rotatable bonds is 6. The highest BCUT2D eigenvalue weighted by molar-refractivity contribution is 5.98. The van der Waals surface area contributed by atoms with Gasteiger partial charge in [0.25, 0.3) is 5.91 Å². The number of hydrogen-bond acceptors (Lipinski definition) is 3. The van der Waals surface area contributed by atoms with E-state index in [-0.39, 0.29) is 36.9 Å². The second kappa shape index (κ2) is 9.26. The van der Waals surface area contributed by atoms with Crippen LogP contribution in [0, 0.1) is 11.6 Å². The number of amides is 2. The summed E-state index contributed by atoms with van der Waals surface area (Å²) in [6.45, 7) is 2.58. The van der Waals surface area contributed by atoms with Gasteiger partial charge in [0.2, 0.25) is 5.91 Å². The average molecular weight is 426 g/mol. The first-order chi connectivity index (χ1) is 15.0. The number of para-hydroxylation sites is 1. The molecule has 3 aromatic rings. The van der Waals surface area contributed by atoms with Crippen molar-refractivity contribution in [2.24, 2.45) is 0 Å². The predicted molar refractivity (Wildman–Crippen MR) is 114 cm³/mol. The normalized spacial score (nSPS) is 14.7. The number of nitrogens with zero attached hydrogens (tertiary/aromatic N) is 2. The molecule has 0 bridgehead atoms. The molecule has 0 spiro atoms. The molecule has 8 heteroatoms. The van der Waals surface area contributed by atoms with Crippen LogP contribution < -0.4 is 5.32 Å². The van der Waals surface area contributed by atoms with Gasteiger partial charge in [-0.15, -0.1) is 0 Å². The van der Waals surface area contributed by atoms with Gasteiger partial charge < -0.3 is 15.2 Å². The summed E-state index contributed by atoms with van der Waals surface area (Å²) in [4.78, 5) is 31.8. The molecule has 2 amide bonds. The van der Waals surface area contributed by atoms with Crippen molar-refractivity contribution in [2.45, 2.75) is 6.42 Å². The number of aromatic nitrogens is 1. The van der Waals surface area contributed by atoms with Crippen molar-refractivity contribution >= 4 is 22.7 Å². The van der Waals surface area contributed by atoms with Crippen LogP contribution in [0.1, 0.15) is 16.1 Å². The summed E-state index contributed by atoms with van der Waals surface area (Å²) >= 11 is 0. The molecule has 31 heavy (non-hydrogen) atoms. The Morgan fingerprint density at radius 3 is 2.39 bits per heavy atom. The van der Waals surface area contributed by atoms with Crippen LogP contribution in [0.4, 0.5) is 8.78 Å². The van der Waals surface area contributed by atoms with Gasteiger partial charge in [-0.25, -0.2) is 8.78 Å². The molecule has 4 rings (SSSR count). The van der Waals surface area contributed by atoms with Gasteiger partial charge in [-0.05, 0) is 30.7 Å². The van der Waals surface area contributed by atoms with Crippen molar-refractivity contribution in [2.75, 3.05) is 39.3 Å². The molecule has 2 aromatic carbocycles. The number of nitrogens with one attached hydrogen (secondary N) is 2. The Hall–Kier alpha value is -3.26. The lowest BCUT2D eigenvalue weighted by molar-refractivity contribution is -0.122. The van der Waals surface area contributed by atoms with Crippen LogP contribution in [0.15, 0.2) is 48.5 Å². The second-order valence-electron chi connectivity index (χ2n) is 7.64. The molecule has 0 aliphatic carbocycles. The molecule has 2 heterocycles. The molecule has 1 aromatic heterocycles. The molecule has 0 unspecified atom stereocenters. The van der Waals surface area contributed by atoms with Gasteiger partial charge >= 0.3 is 0 Å². The first-order valence-electron chi connectivity index (χ1n) is 10.3. The summed E-state index contributed by atoms with van der Waals surface area (Å²) in [6.07, 6.45) is 0.0943. The minimum absolute atomic E-state index is 0.0214. The Bertz CT molecular complexity index is 1040. The largest absolute Gasteiger partial charge is 0.355 e. The highest BCUT2D eigenvalue weighted by Gasteiger charge is 2.24. The van der Waals surface area contributed by atoms with Crippen LogP contribution in [0.5, 0.6) is 0 Å². The minimum Gasteiger partial charge on any atom is -0.355 e. The lowest BCUT2D eigenvalue weighted by atomic mass is 10.1. The van der Waals surface area contributed by atoms with Crippen LogP contribution in [0.2, 0.25) is 0 Å². The first-order valence-corrected chi connectivity index (χ1v) is 10.3. The van der Waals surface area contributed by atoms with Crippen molar-refractivity contribution in [1.29, 1.82) is 0 Å². The summed E-state index contributed by atoms with van der Waals surface area (Å²) in [7, 11) is 0. The summed E-state index contributed by atoms with van der Waals surface area (Å²) in [5, 5.41) is 3.70. The van der Waals surface area contributed by atoms with E-state index in [1.54, 1.807) is 4.90 Å². The molecule has 0 saturated carbocycles. The van der Waals surface area contributed by atoms with Crippen molar-refractivity contribution in [1.82, 2.24) is 20.1 Å². The number of carbonyl (C=O) groups excluding carboxylic acids is 2. The van der Waals surface area contributed by atoms with E-state index in [0.29, 0.717) is 31.9 Å². The molecule has 0 atom stereocenters. The van der Waals surface area contributed by atoms with Crippen LogP contribution in [-0.2, 0) is 11.2 Å². The van der Waals surface area contributed by atoms with Crippen molar-refractivity contribution in [3.63, 3.8) is 0 Å². The van der Waals surface area contributed by atoms with Gasteiger partial charge in [0, 0.05) is 49.2 Å². The van der Waals surface area contributed by atoms with Gasteiger partial charge in [0.1, 0.15) is 17.3 Å². The van der Waals surface area contributed by atoms with E-state index < -0.39 is 11.6 Å². The predicted octanol–water partition coefficient (Wildman–Crippen LogP) is 2.56.